The van der Waals surface area contributed by atoms with Crippen LogP contribution in [0.5, 0.6) is 0 Å². The second kappa shape index (κ2) is 7.39. The maximum absolute atomic E-state index is 13.1. The Hall–Kier alpha value is -2.51. The van der Waals surface area contributed by atoms with E-state index in [-0.39, 0.29) is 17.0 Å². The molecule has 0 aliphatic carbocycles. The molecule has 1 aliphatic rings. The van der Waals surface area contributed by atoms with E-state index in [4.69, 9.17) is 0 Å². The van der Waals surface area contributed by atoms with Crippen LogP contribution in [0.15, 0.2) is 71.2 Å². The number of anilines is 1. The van der Waals surface area contributed by atoms with Crippen molar-refractivity contribution in [1.29, 1.82) is 0 Å². The molecule has 2 heterocycles. The van der Waals surface area contributed by atoms with Crippen molar-refractivity contribution in [2.24, 2.45) is 4.99 Å². The monoisotopic (exact) mass is 383 g/mol. The molecule has 1 atom stereocenters. The van der Waals surface area contributed by atoms with Crippen LogP contribution in [-0.4, -0.2) is 21.3 Å². The standard InChI is InChI=1S/C19H14FN3OS2/c20-14-8-6-13(7-9-14)12-16-17(24)23(15-4-2-1-3-5-15)19(26-16)22-18-21-10-11-25-18/h1-11,16H,12H2/t16-/m0/s1. The van der Waals surface area contributed by atoms with Gasteiger partial charge >= 0.3 is 0 Å². The molecule has 0 unspecified atom stereocenters. The van der Waals surface area contributed by atoms with Crippen LogP contribution < -0.4 is 4.90 Å². The Kier molecular flexibility index (Phi) is 4.81. The molecule has 2 aromatic carbocycles. The largest absolute Gasteiger partial charge is 0.273 e. The van der Waals surface area contributed by atoms with Crippen molar-refractivity contribution < 1.29 is 9.18 Å². The van der Waals surface area contributed by atoms with Crippen LogP contribution in [0, 0.1) is 5.82 Å². The molecule has 0 radical (unpaired) electrons. The maximum Gasteiger partial charge on any atom is 0.247 e. The average molecular weight is 383 g/mol. The van der Waals surface area contributed by atoms with Crippen molar-refractivity contribution in [1.82, 2.24) is 4.98 Å². The number of aliphatic imine (C=N–C) groups is 1. The number of thiazole rings is 1. The summed E-state index contributed by atoms with van der Waals surface area (Å²) in [5.41, 5.74) is 1.70. The maximum atomic E-state index is 13.1. The summed E-state index contributed by atoms with van der Waals surface area (Å²) in [5, 5.41) is 2.77. The smallest absolute Gasteiger partial charge is 0.247 e. The van der Waals surface area contributed by atoms with E-state index in [0.29, 0.717) is 16.7 Å². The molecule has 130 valence electrons. The first-order chi connectivity index (χ1) is 12.7. The van der Waals surface area contributed by atoms with E-state index in [1.807, 2.05) is 35.7 Å². The molecule has 4 nitrogen and oxygen atoms in total. The second-order valence-electron chi connectivity index (χ2n) is 5.66. The van der Waals surface area contributed by atoms with Crippen LogP contribution in [0.3, 0.4) is 0 Å². The Labute approximate surface area is 158 Å². The predicted octanol–water partition coefficient (Wildman–Crippen LogP) is 4.66. The zero-order valence-electron chi connectivity index (χ0n) is 13.6. The quantitative estimate of drug-likeness (QED) is 0.658. The van der Waals surface area contributed by atoms with Crippen molar-refractivity contribution in [3.8, 4) is 0 Å². The van der Waals surface area contributed by atoms with Gasteiger partial charge in [-0.05, 0) is 36.2 Å². The first-order valence-electron chi connectivity index (χ1n) is 7.99. The van der Waals surface area contributed by atoms with Crippen LogP contribution in [-0.2, 0) is 11.2 Å². The number of para-hydroxylation sites is 1. The first kappa shape index (κ1) is 16.9. The van der Waals surface area contributed by atoms with Gasteiger partial charge in [0.1, 0.15) is 5.82 Å². The highest BCUT2D eigenvalue weighted by atomic mass is 32.2. The topological polar surface area (TPSA) is 45.6 Å². The van der Waals surface area contributed by atoms with Crippen molar-refractivity contribution in [3.05, 3.63) is 77.6 Å². The van der Waals surface area contributed by atoms with Crippen LogP contribution in [0.1, 0.15) is 5.56 Å². The van der Waals surface area contributed by atoms with Crippen LogP contribution in [0.2, 0.25) is 0 Å². The Morgan fingerprint density at radius 3 is 2.58 bits per heavy atom. The van der Waals surface area contributed by atoms with Crippen LogP contribution in [0.25, 0.3) is 0 Å². The summed E-state index contributed by atoms with van der Waals surface area (Å²) < 4.78 is 13.1. The first-order valence-corrected chi connectivity index (χ1v) is 9.75. The molecule has 0 spiro atoms. The number of halogens is 1. The van der Waals surface area contributed by atoms with E-state index >= 15 is 0 Å². The summed E-state index contributed by atoms with van der Waals surface area (Å²) in [6, 6.07) is 15.7. The Morgan fingerprint density at radius 1 is 1.12 bits per heavy atom. The zero-order valence-corrected chi connectivity index (χ0v) is 15.2. The Morgan fingerprint density at radius 2 is 1.88 bits per heavy atom. The van der Waals surface area contributed by atoms with E-state index in [1.54, 1.807) is 23.2 Å². The molecular weight excluding hydrogens is 369 g/mol. The summed E-state index contributed by atoms with van der Waals surface area (Å²) in [6.45, 7) is 0. The van der Waals surface area contributed by atoms with E-state index < -0.39 is 0 Å². The summed E-state index contributed by atoms with van der Waals surface area (Å²) in [4.78, 5) is 23.4. The van der Waals surface area contributed by atoms with E-state index in [0.717, 1.165) is 11.3 Å². The number of nitrogens with zero attached hydrogens (tertiary/aromatic N) is 3. The predicted molar refractivity (Wildman–Crippen MR) is 105 cm³/mol. The third kappa shape index (κ3) is 3.54. The number of amides is 1. The molecule has 26 heavy (non-hydrogen) atoms. The normalized spacial score (nSPS) is 18.7. The molecular formula is C19H14FN3OS2. The zero-order chi connectivity index (χ0) is 17.9. The SMILES string of the molecule is O=C1[C@H](Cc2ccc(F)cc2)SC(=Nc2nccs2)N1c1ccccc1. The Balaban J connectivity index is 1.66. The molecule has 0 bridgehead atoms. The van der Waals surface area contributed by atoms with Crippen molar-refractivity contribution >= 4 is 45.0 Å². The minimum Gasteiger partial charge on any atom is -0.273 e. The molecule has 1 saturated heterocycles. The molecule has 1 aromatic heterocycles. The minimum absolute atomic E-state index is 0.0270. The number of hydrogen-bond donors (Lipinski definition) is 0. The molecule has 1 aliphatic heterocycles. The fraction of sp³-hybridized carbons (Fsp3) is 0.105. The number of rotatable bonds is 4. The van der Waals surface area contributed by atoms with Crippen molar-refractivity contribution in [2.75, 3.05) is 4.90 Å². The third-order valence-corrected chi connectivity index (χ3v) is 5.70. The lowest BCUT2D eigenvalue weighted by Gasteiger charge is -2.16. The number of thioether (sulfide) groups is 1. The molecule has 1 fully saturated rings. The fourth-order valence-electron chi connectivity index (χ4n) is 2.68. The van der Waals surface area contributed by atoms with Crippen molar-refractivity contribution in [3.63, 3.8) is 0 Å². The van der Waals surface area contributed by atoms with Gasteiger partial charge in [-0.3, -0.25) is 9.69 Å². The van der Waals surface area contributed by atoms with E-state index in [9.17, 15) is 9.18 Å². The number of amidine groups is 1. The molecule has 0 saturated carbocycles. The van der Waals surface area contributed by atoms with E-state index in [2.05, 4.69) is 9.98 Å². The number of benzene rings is 2. The number of carbonyl (C=O) groups excluding carboxylic acids is 1. The van der Waals surface area contributed by atoms with Crippen LogP contribution in [0.4, 0.5) is 15.2 Å². The molecule has 4 rings (SSSR count). The fourth-order valence-corrected chi connectivity index (χ4v) is 4.41. The lowest BCUT2D eigenvalue weighted by Crippen LogP contribution is -2.32. The molecule has 3 aromatic rings. The number of carbonyl (C=O) groups is 1. The van der Waals surface area contributed by atoms with Gasteiger partial charge in [0.15, 0.2) is 5.17 Å². The minimum atomic E-state index is -0.306. The highest BCUT2D eigenvalue weighted by molar-refractivity contribution is 8.16. The van der Waals surface area contributed by atoms with Gasteiger partial charge in [-0.25, -0.2) is 9.37 Å². The summed E-state index contributed by atoms with van der Waals surface area (Å²) in [5.74, 6) is -0.308. The van der Waals surface area contributed by atoms with Gasteiger partial charge in [0.2, 0.25) is 11.0 Å². The second-order valence-corrected chi connectivity index (χ2v) is 7.70. The van der Waals surface area contributed by atoms with Crippen LogP contribution >= 0.6 is 23.1 Å². The van der Waals surface area contributed by atoms with Gasteiger partial charge in [-0.2, -0.15) is 4.99 Å². The summed E-state index contributed by atoms with van der Waals surface area (Å²) in [6.07, 6.45) is 2.21. The number of hydrogen-bond acceptors (Lipinski definition) is 5. The van der Waals surface area contributed by atoms with Gasteiger partial charge in [-0.1, -0.05) is 42.1 Å². The summed E-state index contributed by atoms with van der Waals surface area (Å²) in [7, 11) is 0. The number of aromatic nitrogens is 1. The highest BCUT2D eigenvalue weighted by Crippen LogP contribution is 2.35. The molecule has 1 amide bonds. The van der Waals surface area contributed by atoms with Crippen molar-refractivity contribution in [2.45, 2.75) is 11.7 Å². The van der Waals surface area contributed by atoms with Gasteiger partial charge < -0.3 is 0 Å². The highest BCUT2D eigenvalue weighted by Gasteiger charge is 2.39. The van der Waals surface area contributed by atoms with Gasteiger partial charge in [0.25, 0.3) is 0 Å². The molecule has 0 N–H and O–H groups in total. The van der Waals surface area contributed by atoms with Gasteiger partial charge in [0.05, 0.1) is 10.9 Å². The lowest BCUT2D eigenvalue weighted by molar-refractivity contribution is -0.116. The van der Waals surface area contributed by atoms with Gasteiger partial charge in [0, 0.05) is 11.6 Å². The molecule has 7 heteroatoms. The lowest BCUT2D eigenvalue weighted by atomic mass is 10.1. The average Bonchev–Trinajstić information content (AvgIpc) is 3.27. The summed E-state index contributed by atoms with van der Waals surface area (Å²) >= 11 is 2.84. The van der Waals surface area contributed by atoms with Gasteiger partial charge in [-0.15, -0.1) is 11.3 Å². The van der Waals surface area contributed by atoms with E-state index in [1.165, 1.54) is 35.2 Å². The third-order valence-electron chi connectivity index (χ3n) is 3.89. The Bertz CT molecular complexity index is 927.